The van der Waals surface area contributed by atoms with Crippen LogP contribution >= 0.6 is 0 Å². The maximum Gasteiger partial charge on any atom is 0.251 e. The predicted octanol–water partition coefficient (Wildman–Crippen LogP) is 5.26. The van der Waals surface area contributed by atoms with E-state index in [1.807, 2.05) is 13.0 Å². The first-order valence-corrected chi connectivity index (χ1v) is 9.77. The van der Waals surface area contributed by atoms with Crippen molar-refractivity contribution in [2.75, 3.05) is 6.54 Å². The number of amides is 1. The Balaban J connectivity index is 3.61. The van der Waals surface area contributed by atoms with E-state index in [1.54, 1.807) is 6.08 Å². The Morgan fingerprint density at radius 1 is 0.958 bits per heavy atom. The van der Waals surface area contributed by atoms with Crippen molar-refractivity contribution in [2.24, 2.45) is 5.73 Å². The Morgan fingerprint density at radius 3 is 1.88 bits per heavy atom. The quantitative estimate of drug-likeness (QED) is 0.243. The third-order valence-corrected chi connectivity index (χ3v) is 4.37. The van der Waals surface area contributed by atoms with Gasteiger partial charge >= 0.3 is 0 Å². The number of carbonyl (C=O) groups is 1. The van der Waals surface area contributed by atoms with E-state index in [2.05, 4.69) is 25.7 Å². The highest BCUT2D eigenvalue weighted by molar-refractivity contribution is 5.95. The van der Waals surface area contributed by atoms with Gasteiger partial charge in [0.15, 0.2) is 0 Å². The van der Waals surface area contributed by atoms with Gasteiger partial charge in [0.05, 0.1) is 0 Å². The van der Waals surface area contributed by atoms with Gasteiger partial charge in [0.25, 0.3) is 5.91 Å². The average Bonchev–Trinajstić information content (AvgIpc) is 2.52. The highest BCUT2D eigenvalue weighted by atomic mass is 16.1. The molecule has 0 heterocycles. The summed E-state index contributed by atoms with van der Waals surface area (Å²) in [5.74, 6) is -0.0623. The van der Waals surface area contributed by atoms with Crippen LogP contribution in [0.4, 0.5) is 0 Å². The first-order valence-electron chi connectivity index (χ1n) is 9.77. The van der Waals surface area contributed by atoms with Gasteiger partial charge in [-0.3, -0.25) is 4.79 Å². The summed E-state index contributed by atoms with van der Waals surface area (Å²) < 4.78 is 0. The molecule has 140 valence electrons. The van der Waals surface area contributed by atoms with Crippen molar-refractivity contribution in [3.05, 3.63) is 24.3 Å². The SMILES string of the molecule is C=C(/C=C\C)C(=O)NC(C)(C)CCCCCCCCCCCCN. The van der Waals surface area contributed by atoms with Gasteiger partial charge < -0.3 is 11.1 Å². The van der Waals surface area contributed by atoms with Gasteiger partial charge in [0.2, 0.25) is 0 Å². The third kappa shape index (κ3) is 13.4. The molecule has 0 aliphatic carbocycles. The van der Waals surface area contributed by atoms with Crippen molar-refractivity contribution in [3.63, 3.8) is 0 Å². The van der Waals surface area contributed by atoms with E-state index in [-0.39, 0.29) is 11.4 Å². The van der Waals surface area contributed by atoms with E-state index < -0.39 is 0 Å². The molecule has 0 aliphatic rings. The van der Waals surface area contributed by atoms with Crippen molar-refractivity contribution < 1.29 is 4.79 Å². The summed E-state index contributed by atoms with van der Waals surface area (Å²) in [6.07, 6.45) is 17.5. The molecule has 0 bridgehead atoms. The first kappa shape index (κ1) is 22.9. The highest BCUT2D eigenvalue weighted by Crippen LogP contribution is 2.17. The zero-order valence-corrected chi connectivity index (χ0v) is 16.3. The molecule has 0 unspecified atom stereocenters. The number of hydrogen-bond acceptors (Lipinski definition) is 2. The molecule has 0 aliphatic heterocycles. The molecule has 0 aromatic heterocycles. The zero-order valence-electron chi connectivity index (χ0n) is 16.3. The smallest absolute Gasteiger partial charge is 0.251 e. The number of carbonyl (C=O) groups excluding carboxylic acids is 1. The summed E-state index contributed by atoms with van der Waals surface area (Å²) in [4.78, 5) is 12.0. The average molecular weight is 337 g/mol. The summed E-state index contributed by atoms with van der Waals surface area (Å²) in [5.41, 5.74) is 5.86. The molecule has 0 rings (SSSR count). The van der Waals surface area contributed by atoms with Crippen LogP contribution < -0.4 is 11.1 Å². The Bertz CT molecular complexity index is 372. The molecule has 0 aromatic rings. The van der Waals surface area contributed by atoms with Crippen molar-refractivity contribution in [3.8, 4) is 0 Å². The van der Waals surface area contributed by atoms with Crippen molar-refractivity contribution in [2.45, 2.75) is 96.9 Å². The first-order chi connectivity index (χ1) is 11.4. The molecule has 24 heavy (non-hydrogen) atoms. The van der Waals surface area contributed by atoms with Crippen molar-refractivity contribution >= 4 is 5.91 Å². The maximum absolute atomic E-state index is 12.0. The van der Waals surface area contributed by atoms with E-state index in [1.165, 1.54) is 64.2 Å². The van der Waals surface area contributed by atoms with Crippen LogP contribution in [0.15, 0.2) is 24.3 Å². The minimum absolute atomic E-state index is 0.0623. The lowest BCUT2D eigenvalue weighted by Gasteiger charge is -2.26. The van der Waals surface area contributed by atoms with Crippen LogP contribution in [0.2, 0.25) is 0 Å². The lowest BCUT2D eigenvalue weighted by molar-refractivity contribution is -0.118. The van der Waals surface area contributed by atoms with Crippen LogP contribution in [0.1, 0.15) is 91.4 Å². The number of rotatable bonds is 15. The molecule has 3 N–H and O–H groups in total. The molecule has 0 atom stereocenters. The molecule has 0 spiro atoms. The highest BCUT2D eigenvalue weighted by Gasteiger charge is 2.20. The predicted molar refractivity (Wildman–Crippen MR) is 106 cm³/mol. The summed E-state index contributed by atoms with van der Waals surface area (Å²) in [7, 11) is 0. The second-order valence-electron chi connectivity index (χ2n) is 7.44. The second kappa shape index (κ2) is 14.3. The van der Waals surface area contributed by atoms with Gasteiger partial charge in [0, 0.05) is 11.1 Å². The van der Waals surface area contributed by atoms with Gasteiger partial charge in [0.1, 0.15) is 0 Å². The van der Waals surface area contributed by atoms with Gasteiger partial charge in [-0.15, -0.1) is 0 Å². The van der Waals surface area contributed by atoms with Crippen molar-refractivity contribution in [1.82, 2.24) is 5.32 Å². The molecule has 1 amide bonds. The molecule has 0 saturated carbocycles. The summed E-state index contributed by atoms with van der Waals surface area (Å²) in [6.45, 7) is 10.7. The normalized spacial score (nSPS) is 11.8. The van der Waals surface area contributed by atoms with E-state index in [0.29, 0.717) is 5.57 Å². The number of hydrogen-bond donors (Lipinski definition) is 2. The standard InChI is InChI=1S/C21H40N2O/c1-5-16-19(2)20(24)23-21(3,4)17-14-12-10-8-6-7-9-11-13-15-18-22/h5,16H,2,6-15,17-18,22H2,1,3-4H3,(H,23,24)/b16-5-. The van der Waals surface area contributed by atoms with Crippen LogP contribution in [0.5, 0.6) is 0 Å². The van der Waals surface area contributed by atoms with E-state index in [0.717, 1.165) is 13.0 Å². The molecule has 0 fully saturated rings. The molecular weight excluding hydrogens is 296 g/mol. The van der Waals surface area contributed by atoms with E-state index >= 15 is 0 Å². The van der Waals surface area contributed by atoms with Crippen LogP contribution in [-0.4, -0.2) is 18.0 Å². The molecule has 0 radical (unpaired) electrons. The fourth-order valence-electron chi connectivity index (χ4n) is 2.85. The van der Waals surface area contributed by atoms with Gasteiger partial charge in [-0.1, -0.05) is 76.5 Å². The maximum atomic E-state index is 12.0. The lowest BCUT2D eigenvalue weighted by Crippen LogP contribution is -2.43. The minimum Gasteiger partial charge on any atom is -0.347 e. The molecule has 0 aromatic carbocycles. The summed E-state index contributed by atoms with van der Waals surface area (Å²) in [5, 5.41) is 3.08. The van der Waals surface area contributed by atoms with E-state index in [9.17, 15) is 4.79 Å². The van der Waals surface area contributed by atoms with Gasteiger partial charge in [-0.2, -0.15) is 0 Å². The van der Waals surface area contributed by atoms with Gasteiger partial charge in [-0.05, 0) is 40.2 Å². The lowest BCUT2D eigenvalue weighted by atomic mass is 9.95. The van der Waals surface area contributed by atoms with Gasteiger partial charge in [-0.25, -0.2) is 0 Å². The number of nitrogens with two attached hydrogens (primary N) is 1. The van der Waals surface area contributed by atoms with Crippen LogP contribution in [0.3, 0.4) is 0 Å². The Labute approximate surface area is 150 Å². The largest absolute Gasteiger partial charge is 0.347 e. The number of nitrogens with one attached hydrogen (secondary N) is 1. The Morgan fingerprint density at radius 2 is 1.42 bits per heavy atom. The van der Waals surface area contributed by atoms with E-state index in [4.69, 9.17) is 5.73 Å². The Kier molecular flexibility index (Phi) is 13.6. The van der Waals surface area contributed by atoms with Crippen LogP contribution in [-0.2, 0) is 4.79 Å². The number of unbranched alkanes of at least 4 members (excludes halogenated alkanes) is 9. The molecular formula is C21H40N2O. The fraction of sp³-hybridized carbons (Fsp3) is 0.762. The van der Waals surface area contributed by atoms with Crippen LogP contribution in [0, 0.1) is 0 Å². The molecule has 3 nitrogen and oxygen atoms in total. The molecule has 0 saturated heterocycles. The Hall–Kier alpha value is -1.09. The topological polar surface area (TPSA) is 55.1 Å². The minimum atomic E-state index is -0.162. The molecule has 3 heteroatoms. The zero-order chi connectivity index (χ0) is 18.3. The summed E-state index contributed by atoms with van der Waals surface area (Å²) in [6, 6.07) is 0. The fourth-order valence-corrected chi connectivity index (χ4v) is 2.85. The van der Waals surface area contributed by atoms with Crippen molar-refractivity contribution in [1.29, 1.82) is 0 Å². The third-order valence-electron chi connectivity index (χ3n) is 4.37. The summed E-state index contributed by atoms with van der Waals surface area (Å²) >= 11 is 0. The van der Waals surface area contributed by atoms with Crippen LogP contribution in [0.25, 0.3) is 0 Å². The second-order valence-corrected chi connectivity index (χ2v) is 7.44. The number of allylic oxidation sites excluding steroid dienone is 1. The monoisotopic (exact) mass is 336 g/mol.